The van der Waals surface area contributed by atoms with Crippen molar-refractivity contribution < 1.29 is 14.3 Å². The van der Waals surface area contributed by atoms with Crippen LogP contribution in [0.2, 0.25) is 5.02 Å². The Kier molecular flexibility index (Phi) is 4.35. The molecule has 3 aromatic rings. The maximum absolute atomic E-state index is 13.0. The van der Waals surface area contributed by atoms with Gasteiger partial charge < -0.3 is 14.2 Å². The molecule has 8 nitrogen and oxygen atoms in total. The van der Waals surface area contributed by atoms with Crippen LogP contribution in [0, 0.1) is 0 Å². The van der Waals surface area contributed by atoms with Gasteiger partial charge in [0.05, 0.1) is 23.2 Å². The van der Waals surface area contributed by atoms with Crippen molar-refractivity contribution in [3.8, 4) is 0 Å². The molecule has 1 unspecified atom stereocenters. The molecule has 0 saturated heterocycles. The quantitative estimate of drug-likeness (QED) is 0.645. The van der Waals surface area contributed by atoms with Gasteiger partial charge in [-0.15, -0.1) is 0 Å². The lowest BCUT2D eigenvalue weighted by Gasteiger charge is -2.33. The van der Waals surface area contributed by atoms with E-state index in [1.54, 1.807) is 40.9 Å². The zero-order valence-corrected chi connectivity index (χ0v) is 15.7. The molecule has 0 spiro atoms. The van der Waals surface area contributed by atoms with Crippen LogP contribution in [0.15, 0.2) is 30.6 Å². The molecule has 1 amide bonds. The maximum atomic E-state index is 13.0. The van der Waals surface area contributed by atoms with Crippen LogP contribution in [-0.4, -0.2) is 49.1 Å². The summed E-state index contributed by atoms with van der Waals surface area (Å²) in [6.07, 6.45) is 3.34. The van der Waals surface area contributed by atoms with Crippen LogP contribution >= 0.6 is 11.6 Å². The van der Waals surface area contributed by atoms with E-state index in [1.165, 1.54) is 0 Å². The molecule has 9 heteroatoms. The number of imidazole rings is 1. The Hall–Kier alpha value is -2.87. The molecular formula is C18H18ClN5O3. The van der Waals surface area contributed by atoms with Crippen molar-refractivity contribution in [3.63, 3.8) is 0 Å². The van der Waals surface area contributed by atoms with E-state index in [1.807, 2.05) is 17.6 Å². The number of aromatic nitrogens is 4. The predicted octanol–water partition coefficient (Wildman–Crippen LogP) is 2.58. The Labute approximate surface area is 160 Å². The molecule has 0 saturated carbocycles. The minimum Gasteiger partial charge on any atom is -0.461 e. The van der Waals surface area contributed by atoms with Crippen molar-refractivity contribution in [2.45, 2.75) is 26.4 Å². The number of fused-ring (bicyclic) bond motifs is 2. The Morgan fingerprint density at radius 3 is 2.85 bits per heavy atom. The van der Waals surface area contributed by atoms with Crippen LogP contribution in [0.4, 0.5) is 0 Å². The van der Waals surface area contributed by atoms with Gasteiger partial charge in [0.1, 0.15) is 5.82 Å². The molecule has 1 atom stereocenters. The van der Waals surface area contributed by atoms with E-state index >= 15 is 0 Å². The third kappa shape index (κ3) is 3.06. The SMILES string of the molecule is CCOC(=O)c1cn2c(n1)C(C)N(C(=O)c1cc3ccc(Cl)cn3n1)CC2. The van der Waals surface area contributed by atoms with Crippen molar-refractivity contribution in [3.05, 3.63) is 52.8 Å². The van der Waals surface area contributed by atoms with Crippen LogP contribution < -0.4 is 0 Å². The Morgan fingerprint density at radius 1 is 1.26 bits per heavy atom. The molecular weight excluding hydrogens is 370 g/mol. The minimum absolute atomic E-state index is 0.186. The summed E-state index contributed by atoms with van der Waals surface area (Å²) in [4.78, 5) is 31.0. The number of amides is 1. The van der Waals surface area contributed by atoms with Gasteiger partial charge in [-0.2, -0.15) is 5.10 Å². The number of rotatable bonds is 3. The van der Waals surface area contributed by atoms with Crippen molar-refractivity contribution in [2.24, 2.45) is 0 Å². The summed E-state index contributed by atoms with van der Waals surface area (Å²) >= 11 is 5.98. The Morgan fingerprint density at radius 2 is 2.07 bits per heavy atom. The van der Waals surface area contributed by atoms with Gasteiger partial charge in [0.2, 0.25) is 0 Å². The van der Waals surface area contributed by atoms with Crippen molar-refractivity contribution in [1.82, 2.24) is 24.1 Å². The zero-order chi connectivity index (χ0) is 19.1. The molecule has 4 heterocycles. The summed E-state index contributed by atoms with van der Waals surface area (Å²) in [5.41, 5.74) is 1.39. The van der Waals surface area contributed by atoms with Gasteiger partial charge >= 0.3 is 5.97 Å². The number of hydrogen-bond donors (Lipinski definition) is 0. The number of carbonyl (C=O) groups excluding carboxylic acids is 2. The lowest BCUT2D eigenvalue weighted by Crippen LogP contribution is -2.41. The standard InChI is InChI=1S/C18H18ClN5O3/c1-3-27-18(26)15-10-22-6-7-23(11(2)16(22)20-15)17(25)14-8-13-5-4-12(19)9-24(13)21-14/h4-5,8-11H,3,6-7H2,1-2H3. The van der Waals surface area contributed by atoms with Gasteiger partial charge in [-0.25, -0.2) is 14.3 Å². The first kappa shape index (κ1) is 17.5. The van der Waals surface area contributed by atoms with Crippen LogP contribution in [0.3, 0.4) is 0 Å². The highest BCUT2D eigenvalue weighted by molar-refractivity contribution is 6.30. The van der Waals surface area contributed by atoms with E-state index in [0.717, 1.165) is 5.52 Å². The minimum atomic E-state index is -0.457. The number of pyridine rings is 1. The number of halogens is 1. The van der Waals surface area contributed by atoms with E-state index in [4.69, 9.17) is 16.3 Å². The normalized spacial score (nSPS) is 16.4. The molecule has 0 N–H and O–H groups in total. The largest absolute Gasteiger partial charge is 0.461 e. The molecule has 1 aliphatic heterocycles. The third-order valence-corrected chi connectivity index (χ3v) is 4.84. The Bertz CT molecular complexity index is 1040. The van der Waals surface area contributed by atoms with Crippen molar-refractivity contribution >= 4 is 29.0 Å². The van der Waals surface area contributed by atoms with Crippen LogP contribution in [-0.2, 0) is 11.3 Å². The number of nitrogens with zero attached hydrogens (tertiary/aromatic N) is 5. The van der Waals surface area contributed by atoms with E-state index in [9.17, 15) is 9.59 Å². The van der Waals surface area contributed by atoms with E-state index in [2.05, 4.69) is 10.1 Å². The van der Waals surface area contributed by atoms with Crippen LogP contribution in [0.1, 0.15) is 46.7 Å². The number of carbonyl (C=O) groups is 2. The second-order valence-electron chi connectivity index (χ2n) is 6.32. The fourth-order valence-corrected chi connectivity index (χ4v) is 3.44. The van der Waals surface area contributed by atoms with Crippen molar-refractivity contribution in [1.29, 1.82) is 0 Å². The Balaban J connectivity index is 1.61. The fraction of sp³-hybridized carbons (Fsp3) is 0.333. The number of esters is 1. The zero-order valence-electron chi connectivity index (χ0n) is 14.9. The molecule has 1 aliphatic rings. The monoisotopic (exact) mass is 387 g/mol. The van der Waals surface area contributed by atoms with Crippen molar-refractivity contribution in [2.75, 3.05) is 13.2 Å². The molecule has 0 fully saturated rings. The topological polar surface area (TPSA) is 81.7 Å². The number of hydrogen-bond acceptors (Lipinski definition) is 5. The van der Waals surface area contributed by atoms with E-state index in [0.29, 0.717) is 36.2 Å². The first-order valence-corrected chi connectivity index (χ1v) is 9.06. The molecule has 4 rings (SSSR count). The van der Waals surface area contributed by atoms with E-state index < -0.39 is 5.97 Å². The third-order valence-electron chi connectivity index (χ3n) is 4.62. The average Bonchev–Trinajstić information content (AvgIpc) is 3.26. The summed E-state index contributed by atoms with van der Waals surface area (Å²) in [7, 11) is 0. The molecule has 0 aliphatic carbocycles. The van der Waals surface area contributed by atoms with E-state index in [-0.39, 0.29) is 17.6 Å². The van der Waals surface area contributed by atoms with Gasteiger partial charge in [0.25, 0.3) is 5.91 Å². The summed E-state index contributed by atoms with van der Waals surface area (Å²) < 4.78 is 8.49. The molecule has 0 radical (unpaired) electrons. The summed E-state index contributed by atoms with van der Waals surface area (Å²) in [5, 5.41) is 4.88. The highest BCUT2D eigenvalue weighted by Gasteiger charge is 2.32. The lowest BCUT2D eigenvalue weighted by atomic mass is 10.2. The highest BCUT2D eigenvalue weighted by atomic mass is 35.5. The molecule has 3 aromatic heterocycles. The number of ether oxygens (including phenoxy) is 1. The second kappa shape index (κ2) is 6.70. The van der Waals surface area contributed by atoms with Crippen LogP contribution in [0.25, 0.3) is 5.52 Å². The predicted molar refractivity (Wildman–Crippen MR) is 97.8 cm³/mol. The first-order chi connectivity index (χ1) is 13.0. The summed E-state index contributed by atoms with van der Waals surface area (Å²) in [6.45, 7) is 4.98. The smallest absolute Gasteiger partial charge is 0.358 e. The second-order valence-corrected chi connectivity index (χ2v) is 6.76. The van der Waals surface area contributed by atoms with Gasteiger partial charge in [-0.3, -0.25) is 4.79 Å². The average molecular weight is 388 g/mol. The van der Waals surface area contributed by atoms with Crippen LogP contribution in [0.5, 0.6) is 0 Å². The molecule has 0 aromatic carbocycles. The van der Waals surface area contributed by atoms with Gasteiger partial charge in [-0.1, -0.05) is 11.6 Å². The first-order valence-electron chi connectivity index (χ1n) is 8.68. The van der Waals surface area contributed by atoms with Gasteiger partial charge in [0.15, 0.2) is 11.4 Å². The van der Waals surface area contributed by atoms with Gasteiger partial charge in [-0.05, 0) is 32.0 Å². The molecule has 140 valence electrons. The fourth-order valence-electron chi connectivity index (χ4n) is 3.29. The molecule has 27 heavy (non-hydrogen) atoms. The lowest BCUT2D eigenvalue weighted by molar-refractivity contribution is 0.0519. The van der Waals surface area contributed by atoms with Gasteiger partial charge in [0, 0.05) is 25.5 Å². The maximum Gasteiger partial charge on any atom is 0.358 e. The molecule has 0 bridgehead atoms. The summed E-state index contributed by atoms with van der Waals surface area (Å²) in [6, 6.07) is 5.01. The highest BCUT2D eigenvalue weighted by Crippen LogP contribution is 2.26. The summed E-state index contributed by atoms with van der Waals surface area (Å²) in [5.74, 6) is 0.0143.